The van der Waals surface area contributed by atoms with Crippen LogP contribution in [-0.4, -0.2) is 55.0 Å². The summed E-state index contributed by atoms with van der Waals surface area (Å²) in [6.45, 7) is 2.83. The molecule has 2 heterocycles. The fraction of sp³-hybridized carbons (Fsp3) is 0.545. The van der Waals surface area contributed by atoms with E-state index in [1.165, 1.54) is 6.26 Å². The van der Waals surface area contributed by atoms with E-state index in [4.69, 9.17) is 10.2 Å². The number of likely N-dealkylation sites (N-methyl/N-ethyl adjacent to an activating group) is 1. The molecule has 1 atom stereocenters. The van der Waals surface area contributed by atoms with Crippen LogP contribution in [0.5, 0.6) is 0 Å². The van der Waals surface area contributed by atoms with Gasteiger partial charge in [-0.15, -0.1) is 0 Å². The molecule has 0 saturated carbocycles. The molecule has 1 amide bonds. The van der Waals surface area contributed by atoms with Crippen molar-refractivity contribution < 1.29 is 9.21 Å². The van der Waals surface area contributed by atoms with Gasteiger partial charge in [0.15, 0.2) is 5.76 Å². The van der Waals surface area contributed by atoms with Gasteiger partial charge in [-0.05, 0) is 19.2 Å². The molecule has 16 heavy (non-hydrogen) atoms. The van der Waals surface area contributed by atoms with Crippen molar-refractivity contribution in [3.8, 4) is 0 Å². The summed E-state index contributed by atoms with van der Waals surface area (Å²) in [6.07, 6.45) is 1.52. The second kappa shape index (κ2) is 4.67. The zero-order valence-corrected chi connectivity index (χ0v) is 9.43. The molecule has 1 unspecified atom stereocenters. The molecule has 1 aromatic heterocycles. The Morgan fingerprint density at radius 1 is 1.62 bits per heavy atom. The first-order valence-electron chi connectivity index (χ1n) is 5.45. The van der Waals surface area contributed by atoms with Crippen LogP contribution in [0.25, 0.3) is 0 Å². The Kier molecular flexibility index (Phi) is 3.26. The van der Waals surface area contributed by atoms with E-state index < -0.39 is 0 Å². The fourth-order valence-electron chi connectivity index (χ4n) is 1.94. The predicted octanol–water partition coefficient (Wildman–Crippen LogP) is -0.00550. The van der Waals surface area contributed by atoms with Crippen LogP contribution in [0.2, 0.25) is 0 Å². The van der Waals surface area contributed by atoms with Gasteiger partial charge in [-0.3, -0.25) is 9.69 Å². The molecule has 2 rings (SSSR count). The number of hydrogen-bond acceptors (Lipinski definition) is 4. The lowest BCUT2D eigenvalue weighted by atomic mass is 10.1. The minimum absolute atomic E-state index is 0.0449. The normalized spacial score (nSPS) is 22.4. The van der Waals surface area contributed by atoms with Gasteiger partial charge in [0.1, 0.15) is 0 Å². The van der Waals surface area contributed by atoms with Crippen molar-refractivity contribution >= 4 is 5.91 Å². The smallest absolute Gasteiger partial charge is 0.289 e. The summed E-state index contributed by atoms with van der Waals surface area (Å²) < 4.78 is 5.11. The van der Waals surface area contributed by atoms with E-state index in [1.54, 1.807) is 17.0 Å². The molecule has 0 spiro atoms. The lowest BCUT2D eigenvalue weighted by molar-refractivity contribution is 0.0530. The molecule has 1 aliphatic rings. The van der Waals surface area contributed by atoms with E-state index in [1.807, 2.05) is 7.05 Å². The van der Waals surface area contributed by atoms with Crippen molar-refractivity contribution in [3.05, 3.63) is 24.2 Å². The first kappa shape index (κ1) is 11.2. The molecule has 1 fully saturated rings. The molecule has 0 aromatic carbocycles. The number of nitrogens with zero attached hydrogens (tertiary/aromatic N) is 2. The molecule has 5 heteroatoms. The number of nitrogens with two attached hydrogens (primary N) is 1. The molecule has 5 nitrogen and oxygen atoms in total. The van der Waals surface area contributed by atoms with Crippen molar-refractivity contribution in [3.63, 3.8) is 0 Å². The van der Waals surface area contributed by atoms with E-state index in [9.17, 15) is 4.79 Å². The Morgan fingerprint density at radius 3 is 3.06 bits per heavy atom. The zero-order chi connectivity index (χ0) is 11.5. The van der Waals surface area contributed by atoms with Gasteiger partial charge in [0.25, 0.3) is 5.91 Å². The maximum Gasteiger partial charge on any atom is 0.289 e. The lowest BCUT2D eigenvalue weighted by Crippen LogP contribution is -2.55. The number of amides is 1. The van der Waals surface area contributed by atoms with Crippen molar-refractivity contribution in [2.24, 2.45) is 5.73 Å². The first-order valence-corrected chi connectivity index (χ1v) is 5.45. The van der Waals surface area contributed by atoms with E-state index >= 15 is 0 Å². The molecular formula is C11H17N3O2. The Balaban J connectivity index is 2.03. The van der Waals surface area contributed by atoms with Gasteiger partial charge < -0.3 is 15.1 Å². The second-order valence-electron chi connectivity index (χ2n) is 4.10. The van der Waals surface area contributed by atoms with E-state index in [-0.39, 0.29) is 11.9 Å². The Labute approximate surface area is 94.8 Å². The van der Waals surface area contributed by atoms with Crippen molar-refractivity contribution in [2.75, 3.05) is 33.2 Å². The quantitative estimate of drug-likeness (QED) is 0.766. The highest BCUT2D eigenvalue weighted by Crippen LogP contribution is 2.11. The predicted molar refractivity (Wildman–Crippen MR) is 60.1 cm³/mol. The van der Waals surface area contributed by atoms with Crippen LogP contribution in [0.1, 0.15) is 10.6 Å². The van der Waals surface area contributed by atoms with Crippen LogP contribution >= 0.6 is 0 Å². The third kappa shape index (κ3) is 2.10. The van der Waals surface area contributed by atoms with Gasteiger partial charge in [-0.2, -0.15) is 0 Å². The molecular weight excluding hydrogens is 206 g/mol. The summed E-state index contributed by atoms with van der Waals surface area (Å²) in [5.74, 6) is 0.358. The van der Waals surface area contributed by atoms with Gasteiger partial charge in [0, 0.05) is 32.2 Å². The number of rotatable bonds is 2. The maximum absolute atomic E-state index is 12.0. The summed E-state index contributed by atoms with van der Waals surface area (Å²) in [4.78, 5) is 16.0. The summed E-state index contributed by atoms with van der Waals surface area (Å²) in [7, 11) is 2.03. The number of hydrogen-bond donors (Lipinski definition) is 1. The first-order chi connectivity index (χ1) is 7.72. The third-order valence-corrected chi connectivity index (χ3v) is 3.07. The highest BCUT2D eigenvalue weighted by molar-refractivity contribution is 5.91. The monoisotopic (exact) mass is 223 g/mol. The van der Waals surface area contributed by atoms with Gasteiger partial charge in [0.05, 0.1) is 6.26 Å². The SMILES string of the molecule is CN1CCN(C(=O)c2ccco2)CC1CN. The number of carbonyl (C=O) groups excluding carboxylic acids is 1. The molecule has 1 aliphatic heterocycles. The van der Waals surface area contributed by atoms with Crippen LogP contribution in [0.15, 0.2) is 22.8 Å². The summed E-state index contributed by atoms with van der Waals surface area (Å²) in [5.41, 5.74) is 5.67. The molecule has 88 valence electrons. The van der Waals surface area contributed by atoms with Crippen molar-refractivity contribution in [1.82, 2.24) is 9.80 Å². The number of piperazine rings is 1. The average Bonchev–Trinajstić information content (AvgIpc) is 2.82. The van der Waals surface area contributed by atoms with Crippen molar-refractivity contribution in [1.29, 1.82) is 0 Å². The van der Waals surface area contributed by atoms with E-state index in [0.29, 0.717) is 18.8 Å². The molecule has 1 aromatic rings. The maximum atomic E-state index is 12.0. The topological polar surface area (TPSA) is 62.7 Å². The molecule has 0 bridgehead atoms. The lowest BCUT2D eigenvalue weighted by Gasteiger charge is -2.38. The minimum atomic E-state index is -0.0449. The number of furan rings is 1. The zero-order valence-electron chi connectivity index (χ0n) is 9.43. The Hall–Kier alpha value is -1.33. The fourth-order valence-corrected chi connectivity index (χ4v) is 1.94. The van der Waals surface area contributed by atoms with Crippen LogP contribution < -0.4 is 5.73 Å². The minimum Gasteiger partial charge on any atom is -0.459 e. The summed E-state index contributed by atoms with van der Waals surface area (Å²) in [5, 5.41) is 0. The van der Waals surface area contributed by atoms with Gasteiger partial charge in [0.2, 0.25) is 0 Å². The highest BCUT2D eigenvalue weighted by atomic mass is 16.3. The number of carbonyl (C=O) groups is 1. The molecule has 1 saturated heterocycles. The van der Waals surface area contributed by atoms with Crippen LogP contribution in [0.4, 0.5) is 0 Å². The van der Waals surface area contributed by atoms with Crippen LogP contribution in [0, 0.1) is 0 Å². The molecule has 2 N–H and O–H groups in total. The van der Waals surface area contributed by atoms with E-state index in [2.05, 4.69) is 4.90 Å². The van der Waals surface area contributed by atoms with Crippen LogP contribution in [-0.2, 0) is 0 Å². The van der Waals surface area contributed by atoms with Gasteiger partial charge in [-0.25, -0.2) is 0 Å². The summed E-state index contributed by atoms with van der Waals surface area (Å²) in [6, 6.07) is 3.66. The molecule has 0 radical (unpaired) electrons. The van der Waals surface area contributed by atoms with Crippen molar-refractivity contribution in [2.45, 2.75) is 6.04 Å². The second-order valence-corrected chi connectivity index (χ2v) is 4.10. The average molecular weight is 223 g/mol. The molecule has 0 aliphatic carbocycles. The van der Waals surface area contributed by atoms with E-state index in [0.717, 1.165) is 13.1 Å². The largest absolute Gasteiger partial charge is 0.459 e. The van der Waals surface area contributed by atoms with Gasteiger partial charge >= 0.3 is 0 Å². The Bertz CT molecular complexity index is 350. The highest BCUT2D eigenvalue weighted by Gasteiger charge is 2.27. The Morgan fingerprint density at radius 2 is 2.44 bits per heavy atom. The standard InChI is InChI=1S/C11H17N3O2/c1-13-4-5-14(8-9(13)7-12)11(15)10-3-2-6-16-10/h2-3,6,9H,4-5,7-8,12H2,1H3. The third-order valence-electron chi connectivity index (χ3n) is 3.07. The van der Waals surface area contributed by atoms with Gasteiger partial charge in [-0.1, -0.05) is 0 Å². The van der Waals surface area contributed by atoms with Crippen LogP contribution in [0.3, 0.4) is 0 Å². The summed E-state index contributed by atoms with van der Waals surface area (Å²) >= 11 is 0.